The molecular formula is C12H11BrN2O2S. The molecule has 0 atom stereocenters. The quantitative estimate of drug-likeness (QED) is 0.692. The number of carbonyl (C=O) groups is 1. The van der Waals surface area contributed by atoms with Crippen LogP contribution < -0.4 is 5.43 Å². The molecule has 0 fully saturated rings. The highest BCUT2D eigenvalue weighted by Gasteiger charge is 2.09. The second kappa shape index (κ2) is 5.49. The van der Waals surface area contributed by atoms with Gasteiger partial charge in [0.15, 0.2) is 10.4 Å². The van der Waals surface area contributed by atoms with Crippen LogP contribution in [0.1, 0.15) is 27.2 Å². The molecule has 2 aromatic heterocycles. The number of furan rings is 1. The summed E-state index contributed by atoms with van der Waals surface area (Å²) in [7, 11) is 0. The van der Waals surface area contributed by atoms with Crippen molar-refractivity contribution in [3.05, 3.63) is 44.4 Å². The molecular weight excluding hydrogens is 316 g/mol. The summed E-state index contributed by atoms with van der Waals surface area (Å²) in [5.41, 5.74) is 3.23. The molecule has 0 aliphatic heterocycles. The van der Waals surface area contributed by atoms with E-state index in [1.165, 1.54) is 4.88 Å². The summed E-state index contributed by atoms with van der Waals surface area (Å²) in [6.45, 7) is 3.88. The standard InChI is InChI=1S/C12H11BrN2O2S/c1-7-3-5-10(18-7)8(2)14-15-12(16)9-4-6-11(13)17-9/h3-6H,1-2H3,(H,15,16)/b14-8+. The Morgan fingerprint density at radius 3 is 2.72 bits per heavy atom. The fraction of sp³-hybridized carbons (Fsp3) is 0.167. The Balaban J connectivity index is 2.04. The maximum absolute atomic E-state index is 11.7. The third-order valence-corrected chi connectivity index (χ3v) is 3.75. The van der Waals surface area contributed by atoms with Crippen LogP contribution in [0.25, 0.3) is 0 Å². The van der Waals surface area contributed by atoms with Gasteiger partial charge in [0.25, 0.3) is 0 Å². The van der Waals surface area contributed by atoms with Crippen LogP contribution in [0.3, 0.4) is 0 Å². The number of carbonyl (C=O) groups excluding carboxylic acids is 1. The summed E-state index contributed by atoms with van der Waals surface area (Å²) in [6, 6.07) is 7.24. The van der Waals surface area contributed by atoms with Crippen LogP contribution >= 0.6 is 27.3 Å². The van der Waals surface area contributed by atoms with Crippen LogP contribution in [-0.2, 0) is 0 Å². The van der Waals surface area contributed by atoms with Crippen LogP contribution in [0.2, 0.25) is 0 Å². The second-order valence-electron chi connectivity index (χ2n) is 3.65. The first-order chi connectivity index (χ1) is 8.56. The summed E-state index contributed by atoms with van der Waals surface area (Å²) in [4.78, 5) is 13.9. The van der Waals surface area contributed by atoms with Gasteiger partial charge >= 0.3 is 5.91 Å². The number of rotatable bonds is 3. The number of hydrazone groups is 1. The molecule has 18 heavy (non-hydrogen) atoms. The van der Waals surface area contributed by atoms with Crippen molar-refractivity contribution in [2.45, 2.75) is 13.8 Å². The molecule has 2 aromatic rings. The third kappa shape index (κ3) is 3.08. The van der Waals surface area contributed by atoms with Crippen molar-refractivity contribution in [3.8, 4) is 0 Å². The average Bonchev–Trinajstić information content (AvgIpc) is 2.94. The zero-order chi connectivity index (χ0) is 13.1. The molecule has 1 N–H and O–H groups in total. The van der Waals surface area contributed by atoms with Gasteiger partial charge in [0.2, 0.25) is 0 Å². The number of thiophene rings is 1. The number of nitrogens with zero attached hydrogens (tertiary/aromatic N) is 1. The SMILES string of the molecule is C/C(=N\NC(=O)c1ccc(Br)o1)c1ccc(C)s1. The van der Waals surface area contributed by atoms with Gasteiger partial charge in [0, 0.05) is 4.88 Å². The maximum Gasteiger partial charge on any atom is 0.307 e. The van der Waals surface area contributed by atoms with Crippen LogP contribution in [0.15, 0.2) is 38.5 Å². The highest BCUT2D eigenvalue weighted by Crippen LogP contribution is 2.16. The van der Waals surface area contributed by atoms with Gasteiger partial charge in [-0.2, -0.15) is 5.10 Å². The van der Waals surface area contributed by atoms with Gasteiger partial charge < -0.3 is 4.42 Å². The van der Waals surface area contributed by atoms with Crippen molar-refractivity contribution >= 4 is 38.9 Å². The summed E-state index contributed by atoms with van der Waals surface area (Å²) in [5, 5.41) is 4.05. The number of hydrogen-bond acceptors (Lipinski definition) is 4. The van der Waals surface area contributed by atoms with Crippen LogP contribution in [-0.4, -0.2) is 11.6 Å². The lowest BCUT2D eigenvalue weighted by molar-refractivity contribution is 0.0926. The summed E-state index contributed by atoms with van der Waals surface area (Å²) in [6.07, 6.45) is 0. The lowest BCUT2D eigenvalue weighted by Crippen LogP contribution is -2.18. The lowest BCUT2D eigenvalue weighted by Gasteiger charge is -1.98. The van der Waals surface area contributed by atoms with E-state index in [-0.39, 0.29) is 11.7 Å². The Labute approximate surface area is 117 Å². The van der Waals surface area contributed by atoms with E-state index < -0.39 is 0 Å². The Hall–Kier alpha value is -1.40. The molecule has 0 aromatic carbocycles. The molecule has 0 aliphatic carbocycles. The van der Waals surface area contributed by atoms with E-state index >= 15 is 0 Å². The van der Waals surface area contributed by atoms with E-state index in [0.717, 1.165) is 10.6 Å². The second-order valence-corrected chi connectivity index (χ2v) is 5.72. The topological polar surface area (TPSA) is 54.6 Å². The Morgan fingerprint density at radius 1 is 1.39 bits per heavy atom. The first-order valence-electron chi connectivity index (χ1n) is 5.23. The van der Waals surface area contributed by atoms with Crippen molar-refractivity contribution in [2.75, 3.05) is 0 Å². The average molecular weight is 327 g/mol. The molecule has 1 amide bonds. The lowest BCUT2D eigenvalue weighted by atomic mass is 10.3. The number of halogens is 1. The van der Waals surface area contributed by atoms with E-state index in [1.54, 1.807) is 23.5 Å². The predicted molar refractivity (Wildman–Crippen MR) is 75.1 cm³/mol. The van der Waals surface area contributed by atoms with Crippen LogP contribution in [0.5, 0.6) is 0 Å². The first-order valence-corrected chi connectivity index (χ1v) is 6.84. The molecule has 0 saturated heterocycles. The Morgan fingerprint density at radius 2 is 2.17 bits per heavy atom. The summed E-state index contributed by atoms with van der Waals surface area (Å²) < 4.78 is 5.64. The molecule has 0 saturated carbocycles. The van der Waals surface area contributed by atoms with Gasteiger partial charge in [0.05, 0.1) is 10.6 Å². The van der Waals surface area contributed by atoms with E-state index in [0.29, 0.717) is 4.67 Å². The minimum Gasteiger partial charge on any atom is -0.444 e. The van der Waals surface area contributed by atoms with Crippen molar-refractivity contribution in [3.63, 3.8) is 0 Å². The number of hydrogen-bond donors (Lipinski definition) is 1. The molecule has 0 bridgehead atoms. The molecule has 2 rings (SSSR count). The number of nitrogens with one attached hydrogen (secondary N) is 1. The molecule has 0 spiro atoms. The molecule has 0 unspecified atom stereocenters. The first kappa shape index (κ1) is 13.0. The number of amides is 1. The van der Waals surface area contributed by atoms with Gasteiger partial charge in [-0.05, 0) is 54.0 Å². The van der Waals surface area contributed by atoms with Crippen molar-refractivity contribution in [2.24, 2.45) is 5.10 Å². The fourth-order valence-electron chi connectivity index (χ4n) is 1.31. The zero-order valence-corrected chi connectivity index (χ0v) is 12.3. The molecule has 0 aliphatic rings. The van der Waals surface area contributed by atoms with E-state index in [1.807, 2.05) is 26.0 Å². The highest BCUT2D eigenvalue weighted by atomic mass is 79.9. The molecule has 2 heterocycles. The predicted octanol–water partition coefficient (Wildman–Crippen LogP) is 3.57. The normalized spacial score (nSPS) is 11.6. The van der Waals surface area contributed by atoms with Gasteiger partial charge in [-0.25, -0.2) is 5.43 Å². The number of aryl methyl sites for hydroxylation is 1. The van der Waals surface area contributed by atoms with E-state index in [4.69, 9.17) is 4.42 Å². The van der Waals surface area contributed by atoms with Crippen LogP contribution in [0.4, 0.5) is 0 Å². The monoisotopic (exact) mass is 326 g/mol. The van der Waals surface area contributed by atoms with E-state index in [2.05, 4.69) is 26.5 Å². The molecule has 6 heteroatoms. The maximum atomic E-state index is 11.7. The van der Waals surface area contributed by atoms with Gasteiger partial charge in [-0.1, -0.05) is 0 Å². The smallest absolute Gasteiger partial charge is 0.307 e. The minimum absolute atomic E-state index is 0.223. The van der Waals surface area contributed by atoms with Gasteiger partial charge in [-0.3, -0.25) is 4.79 Å². The Bertz CT molecular complexity index is 601. The summed E-state index contributed by atoms with van der Waals surface area (Å²) in [5.74, 6) is -0.144. The fourth-order valence-corrected chi connectivity index (χ4v) is 2.43. The zero-order valence-electron chi connectivity index (χ0n) is 9.86. The minimum atomic E-state index is -0.367. The van der Waals surface area contributed by atoms with Crippen molar-refractivity contribution in [1.82, 2.24) is 5.43 Å². The van der Waals surface area contributed by atoms with E-state index in [9.17, 15) is 4.79 Å². The van der Waals surface area contributed by atoms with Crippen LogP contribution in [0, 0.1) is 6.92 Å². The summed E-state index contributed by atoms with van der Waals surface area (Å²) >= 11 is 4.77. The molecule has 94 valence electrons. The third-order valence-electron chi connectivity index (χ3n) is 2.22. The largest absolute Gasteiger partial charge is 0.444 e. The van der Waals surface area contributed by atoms with Gasteiger partial charge in [-0.15, -0.1) is 11.3 Å². The van der Waals surface area contributed by atoms with Gasteiger partial charge in [0.1, 0.15) is 0 Å². The Kier molecular flexibility index (Phi) is 3.98. The van der Waals surface area contributed by atoms with Crippen molar-refractivity contribution in [1.29, 1.82) is 0 Å². The highest BCUT2D eigenvalue weighted by molar-refractivity contribution is 9.10. The molecule has 0 radical (unpaired) electrons. The van der Waals surface area contributed by atoms with Crippen molar-refractivity contribution < 1.29 is 9.21 Å². The molecule has 4 nitrogen and oxygen atoms in total.